The molecule has 0 spiro atoms. The van der Waals surface area contributed by atoms with Gasteiger partial charge in [-0.25, -0.2) is 0 Å². The summed E-state index contributed by atoms with van der Waals surface area (Å²) in [5, 5.41) is 3.56. The highest BCUT2D eigenvalue weighted by molar-refractivity contribution is 14.1. The minimum atomic E-state index is 0.279. The largest absolute Gasteiger partial charge is 0.379 e. The van der Waals surface area contributed by atoms with Crippen molar-refractivity contribution in [3.05, 3.63) is 31.8 Å². The van der Waals surface area contributed by atoms with Gasteiger partial charge in [0.25, 0.3) is 0 Å². The molecule has 0 fully saturated rings. The summed E-state index contributed by atoms with van der Waals surface area (Å²) in [6, 6.07) is 6.68. The minimum absolute atomic E-state index is 0.279. The Morgan fingerprint density at radius 3 is 2.78 bits per heavy atom. The third-order valence-corrected chi connectivity index (χ3v) is 4.08. The van der Waals surface area contributed by atoms with Gasteiger partial charge in [0.15, 0.2) is 0 Å². The molecule has 1 N–H and O–H groups in total. The second-order valence-corrected chi connectivity index (χ2v) is 6.33. The van der Waals surface area contributed by atoms with Crippen LogP contribution in [-0.4, -0.2) is 19.8 Å². The van der Waals surface area contributed by atoms with Crippen molar-refractivity contribution in [2.45, 2.75) is 32.7 Å². The third-order valence-electron chi connectivity index (χ3n) is 2.61. The van der Waals surface area contributed by atoms with Crippen molar-refractivity contribution in [3.8, 4) is 0 Å². The van der Waals surface area contributed by atoms with Crippen molar-refractivity contribution in [2.75, 3.05) is 19.8 Å². The first kappa shape index (κ1) is 16.4. The van der Waals surface area contributed by atoms with Crippen LogP contribution in [0.2, 0.25) is 0 Å². The molecule has 0 amide bonds. The monoisotopic (exact) mass is 425 g/mol. The molecule has 1 atom stereocenters. The van der Waals surface area contributed by atoms with Gasteiger partial charge in [0.2, 0.25) is 0 Å². The predicted molar refractivity (Wildman–Crippen MR) is 89.0 cm³/mol. The summed E-state index contributed by atoms with van der Waals surface area (Å²) >= 11 is 5.93. The van der Waals surface area contributed by atoms with E-state index in [4.69, 9.17) is 4.74 Å². The first-order chi connectivity index (χ1) is 8.69. The van der Waals surface area contributed by atoms with Gasteiger partial charge in [-0.05, 0) is 65.7 Å². The highest BCUT2D eigenvalue weighted by atomic mass is 127. The van der Waals surface area contributed by atoms with E-state index >= 15 is 0 Å². The fourth-order valence-corrected chi connectivity index (χ4v) is 2.79. The number of rotatable bonds is 8. The van der Waals surface area contributed by atoms with E-state index in [-0.39, 0.29) is 6.04 Å². The lowest BCUT2D eigenvalue weighted by atomic mass is 10.1. The van der Waals surface area contributed by atoms with Crippen LogP contribution in [0.5, 0.6) is 0 Å². The molecule has 0 aliphatic rings. The third kappa shape index (κ3) is 5.55. The lowest BCUT2D eigenvalue weighted by Gasteiger charge is -2.20. The SMILES string of the molecule is CCCNC(COCCC)c1cc(Br)ccc1I. The molecule has 0 aliphatic heterocycles. The highest BCUT2D eigenvalue weighted by Crippen LogP contribution is 2.24. The Kier molecular flexibility index (Phi) is 8.46. The molecule has 1 aromatic rings. The Morgan fingerprint density at radius 1 is 1.33 bits per heavy atom. The number of halogens is 2. The van der Waals surface area contributed by atoms with Crippen LogP contribution < -0.4 is 5.32 Å². The molecule has 0 saturated carbocycles. The molecule has 0 aliphatic carbocycles. The number of benzene rings is 1. The van der Waals surface area contributed by atoms with Gasteiger partial charge in [-0.1, -0.05) is 29.8 Å². The normalized spacial score (nSPS) is 12.7. The molecule has 0 bridgehead atoms. The van der Waals surface area contributed by atoms with E-state index in [2.05, 4.69) is 75.9 Å². The maximum absolute atomic E-state index is 5.71. The maximum Gasteiger partial charge on any atom is 0.0661 e. The van der Waals surface area contributed by atoms with E-state index in [1.165, 1.54) is 9.13 Å². The van der Waals surface area contributed by atoms with E-state index in [9.17, 15) is 0 Å². The van der Waals surface area contributed by atoms with Crippen molar-refractivity contribution in [2.24, 2.45) is 0 Å². The molecule has 1 aromatic carbocycles. The van der Waals surface area contributed by atoms with Crippen molar-refractivity contribution < 1.29 is 4.74 Å². The summed E-state index contributed by atoms with van der Waals surface area (Å²) in [7, 11) is 0. The fraction of sp³-hybridized carbons (Fsp3) is 0.571. The average molecular weight is 426 g/mol. The van der Waals surface area contributed by atoms with Gasteiger partial charge in [-0.3, -0.25) is 0 Å². The smallest absolute Gasteiger partial charge is 0.0661 e. The first-order valence-corrected chi connectivity index (χ1v) is 8.32. The van der Waals surface area contributed by atoms with Gasteiger partial charge in [-0.2, -0.15) is 0 Å². The zero-order valence-corrected chi connectivity index (χ0v) is 14.8. The average Bonchev–Trinajstić information content (AvgIpc) is 2.37. The first-order valence-electron chi connectivity index (χ1n) is 6.45. The second-order valence-electron chi connectivity index (χ2n) is 4.25. The van der Waals surface area contributed by atoms with E-state index in [1.807, 2.05) is 0 Å². The van der Waals surface area contributed by atoms with Gasteiger partial charge in [0, 0.05) is 14.6 Å². The predicted octanol–water partition coefficient (Wildman–Crippen LogP) is 4.52. The van der Waals surface area contributed by atoms with Gasteiger partial charge >= 0.3 is 0 Å². The standard InChI is InChI=1S/C14H21BrINO/c1-3-7-17-14(10-18-8-4-2)12-9-11(15)5-6-13(12)16/h5-6,9,14,17H,3-4,7-8,10H2,1-2H3. The molecule has 2 nitrogen and oxygen atoms in total. The van der Waals surface area contributed by atoms with E-state index in [0.717, 1.165) is 37.1 Å². The fourth-order valence-electron chi connectivity index (χ4n) is 1.70. The summed E-state index contributed by atoms with van der Waals surface area (Å²) in [6.07, 6.45) is 2.20. The van der Waals surface area contributed by atoms with Crippen LogP contribution in [-0.2, 0) is 4.74 Å². The Balaban J connectivity index is 2.75. The van der Waals surface area contributed by atoms with Gasteiger partial charge in [0.05, 0.1) is 12.6 Å². The van der Waals surface area contributed by atoms with Crippen LogP contribution in [0.15, 0.2) is 22.7 Å². The molecule has 0 radical (unpaired) electrons. The van der Waals surface area contributed by atoms with Crippen molar-refractivity contribution in [3.63, 3.8) is 0 Å². The van der Waals surface area contributed by atoms with Crippen molar-refractivity contribution >= 4 is 38.5 Å². The quantitative estimate of drug-likeness (QED) is 0.488. The number of nitrogens with one attached hydrogen (secondary N) is 1. The Bertz CT molecular complexity index is 360. The Hall–Kier alpha value is 0.350. The Labute approximate surface area is 132 Å². The lowest BCUT2D eigenvalue weighted by Crippen LogP contribution is -2.27. The van der Waals surface area contributed by atoms with E-state index < -0.39 is 0 Å². The molecular weight excluding hydrogens is 405 g/mol. The van der Waals surface area contributed by atoms with Crippen LogP contribution >= 0.6 is 38.5 Å². The van der Waals surface area contributed by atoms with Gasteiger partial charge in [0.1, 0.15) is 0 Å². The molecule has 0 saturated heterocycles. The maximum atomic E-state index is 5.71. The van der Waals surface area contributed by atoms with Crippen LogP contribution in [0.25, 0.3) is 0 Å². The molecule has 1 rings (SSSR count). The van der Waals surface area contributed by atoms with Gasteiger partial charge in [-0.15, -0.1) is 0 Å². The van der Waals surface area contributed by atoms with Crippen LogP contribution in [0.1, 0.15) is 38.3 Å². The molecule has 102 valence electrons. The zero-order chi connectivity index (χ0) is 13.4. The molecular formula is C14H21BrINO. The Morgan fingerprint density at radius 2 is 2.11 bits per heavy atom. The lowest BCUT2D eigenvalue weighted by molar-refractivity contribution is 0.112. The van der Waals surface area contributed by atoms with Crippen LogP contribution in [0.4, 0.5) is 0 Å². The summed E-state index contributed by atoms with van der Waals surface area (Å²) in [5.74, 6) is 0. The molecule has 0 heterocycles. The highest BCUT2D eigenvalue weighted by Gasteiger charge is 2.14. The van der Waals surface area contributed by atoms with Crippen LogP contribution in [0, 0.1) is 3.57 Å². The van der Waals surface area contributed by atoms with Crippen LogP contribution in [0.3, 0.4) is 0 Å². The summed E-state index contributed by atoms with van der Waals surface area (Å²) in [4.78, 5) is 0. The molecule has 1 unspecified atom stereocenters. The summed E-state index contributed by atoms with van der Waals surface area (Å²) in [5.41, 5.74) is 1.31. The number of hydrogen-bond acceptors (Lipinski definition) is 2. The van der Waals surface area contributed by atoms with Crippen molar-refractivity contribution in [1.82, 2.24) is 5.32 Å². The molecule has 4 heteroatoms. The summed E-state index contributed by atoms with van der Waals surface area (Å²) in [6.45, 7) is 6.90. The number of hydrogen-bond donors (Lipinski definition) is 1. The molecule has 0 aromatic heterocycles. The summed E-state index contributed by atoms with van der Waals surface area (Å²) < 4.78 is 8.11. The topological polar surface area (TPSA) is 21.3 Å². The van der Waals surface area contributed by atoms with E-state index in [0.29, 0.717) is 0 Å². The number of ether oxygens (including phenoxy) is 1. The zero-order valence-electron chi connectivity index (χ0n) is 11.0. The van der Waals surface area contributed by atoms with E-state index in [1.54, 1.807) is 0 Å². The second kappa shape index (κ2) is 9.28. The molecule has 18 heavy (non-hydrogen) atoms. The minimum Gasteiger partial charge on any atom is -0.379 e. The van der Waals surface area contributed by atoms with Gasteiger partial charge < -0.3 is 10.1 Å². The van der Waals surface area contributed by atoms with Crippen molar-refractivity contribution in [1.29, 1.82) is 0 Å².